The number of benzene rings is 3. The Morgan fingerprint density at radius 2 is 1.15 bits per heavy atom. The fraction of sp³-hybridized carbons (Fsp3) is 0.489. The molecule has 0 aromatic heterocycles. The molecule has 322 valence electrons. The van der Waals surface area contributed by atoms with Crippen molar-refractivity contribution in [2.45, 2.75) is 111 Å². The van der Waals surface area contributed by atoms with E-state index < -0.39 is 12.1 Å². The Labute approximate surface area is 360 Å². The molecule has 6 aliphatic rings. The van der Waals surface area contributed by atoms with Crippen molar-refractivity contribution in [1.29, 1.82) is 0 Å². The molecule has 12 nitrogen and oxygen atoms in total. The summed E-state index contributed by atoms with van der Waals surface area (Å²) < 4.78 is 0. The first-order valence-electron chi connectivity index (χ1n) is 20.6. The number of halogens is 1. The second kappa shape index (κ2) is 19.6. The third-order valence-corrected chi connectivity index (χ3v) is 13.0. The number of fused-ring (bicyclic) bond motifs is 2. The van der Waals surface area contributed by atoms with E-state index in [1.807, 2.05) is 12.1 Å². The van der Waals surface area contributed by atoms with Crippen molar-refractivity contribution < 1.29 is 28.8 Å². The summed E-state index contributed by atoms with van der Waals surface area (Å²) in [6.45, 7) is 10.6. The van der Waals surface area contributed by atoms with Gasteiger partial charge in [0, 0.05) is 50.1 Å². The van der Waals surface area contributed by atoms with Crippen LogP contribution in [-0.2, 0) is 38.8 Å². The number of carbonyl (C=O) groups is 6. The van der Waals surface area contributed by atoms with E-state index >= 15 is 0 Å². The van der Waals surface area contributed by atoms with Crippen molar-refractivity contribution in [3.63, 3.8) is 0 Å². The first-order chi connectivity index (χ1) is 27.5. The van der Waals surface area contributed by atoms with E-state index in [-0.39, 0.29) is 75.5 Å². The molecule has 6 atom stereocenters. The molecule has 4 saturated heterocycles. The van der Waals surface area contributed by atoms with Gasteiger partial charge in [0.15, 0.2) is 0 Å². The van der Waals surface area contributed by atoms with Gasteiger partial charge >= 0.3 is 0 Å². The first-order valence-corrected chi connectivity index (χ1v) is 20.6. The normalized spacial score (nSPS) is 26.3. The summed E-state index contributed by atoms with van der Waals surface area (Å²) in [6.07, 6.45) is 3.56. The van der Waals surface area contributed by atoms with Gasteiger partial charge in [-0.25, -0.2) is 0 Å². The van der Waals surface area contributed by atoms with Crippen LogP contribution in [0.25, 0.3) is 0 Å². The summed E-state index contributed by atoms with van der Waals surface area (Å²) in [6, 6.07) is 21.8. The molecule has 0 saturated carbocycles. The fourth-order valence-corrected chi connectivity index (χ4v) is 9.87. The lowest BCUT2D eigenvalue weighted by atomic mass is 9.80. The van der Waals surface area contributed by atoms with Crippen LogP contribution in [0.2, 0.25) is 0 Å². The zero-order valence-corrected chi connectivity index (χ0v) is 34.0. The Morgan fingerprint density at radius 1 is 0.633 bits per heavy atom. The predicted octanol–water partition coefficient (Wildman–Crippen LogP) is 5.93. The topological polar surface area (TPSA) is 148 Å². The van der Waals surface area contributed by atoms with Gasteiger partial charge in [-0.3, -0.25) is 44.3 Å². The molecular formula is C47H61ClN6O6. The van der Waals surface area contributed by atoms with E-state index in [1.165, 1.54) is 16.7 Å². The molecule has 3 N–H and O–H groups in total. The Bertz CT molecular complexity index is 2090. The molecule has 0 bridgehead atoms. The van der Waals surface area contributed by atoms with Gasteiger partial charge < -0.3 is 15.1 Å². The van der Waals surface area contributed by atoms with Crippen LogP contribution >= 0.6 is 12.4 Å². The van der Waals surface area contributed by atoms with Crippen LogP contribution in [0.15, 0.2) is 66.7 Å². The maximum absolute atomic E-state index is 12.9. The molecule has 13 heteroatoms. The molecule has 0 aliphatic carbocycles. The van der Waals surface area contributed by atoms with Crippen molar-refractivity contribution >= 4 is 47.9 Å². The predicted molar refractivity (Wildman–Crippen MR) is 233 cm³/mol. The average molecular weight is 841 g/mol. The Balaban J connectivity index is 0.000000222. The number of imide groups is 2. The van der Waals surface area contributed by atoms with Gasteiger partial charge in [0.2, 0.25) is 23.6 Å². The van der Waals surface area contributed by atoms with Crippen LogP contribution in [0, 0.1) is 11.8 Å². The number of likely N-dealkylation sites (tertiary alicyclic amines) is 1. The second-order valence-electron chi connectivity index (χ2n) is 16.8. The number of nitrogens with one attached hydrogen (secondary N) is 3. The maximum Gasteiger partial charge on any atom is 0.255 e. The molecule has 60 heavy (non-hydrogen) atoms. The van der Waals surface area contributed by atoms with E-state index in [1.54, 1.807) is 9.80 Å². The largest absolute Gasteiger partial charge is 0.322 e. The smallest absolute Gasteiger partial charge is 0.255 e. The second-order valence-corrected chi connectivity index (χ2v) is 16.8. The first kappa shape index (κ1) is 46.2. The lowest BCUT2D eigenvalue weighted by molar-refractivity contribution is -0.138. The van der Waals surface area contributed by atoms with Gasteiger partial charge in [-0.15, -0.1) is 12.4 Å². The van der Waals surface area contributed by atoms with E-state index in [0.717, 1.165) is 56.7 Å². The number of carbonyl (C=O) groups excluding carboxylic acids is 6. The zero-order chi connectivity index (χ0) is 39.8. The van der Waals surface area contributed by atoms with Gasteiger partial charge in [0.05, 0.1) is 0 Å². The standard InChI is InChI=1S/C26H29N3O3.C19H23N3O3.2CH4.ClH/c1-17-14-28(15-18-5-3-2-4-6-18)12-11-21(17)19-7-8-22-20(13-19)16-29(26(22)32)23-9-10-24(30)27-25(23)31;1-11-9-20-7-6-14(11)12-2-3-15-13(8-12)10-22(19(15)25)16-4-5-17(23)21-18(16)24;;;/h2-8,13,17,21,23H,9-12,14-16H2,1H3,(H,27,30,31);2-3,8,11,14,16,20H,4-7,9-10H2,1H3,(H,21,23,24);2*1H4;1H. The van der Waals surface area contributed by atoms with Crippen LogP contribution in [-0.4, -0.2) is 88.4 Å². The van der Waals surface area contributed by atoms with Gasteiger partial charge in [0.25, 0.3) is 11.8 Å². The minimum absolute atomic E-state index is 0. The van der Waals surface area contributed by atoms with Gasteiger partial charge in [0.1, 0.15) is 12.1 Å². The fourth-order valence-electron chi connectivity index (χ4n) is 9.87. The number of hydrogen-bond donors (Lipinski definition) is 3. The molecule has 6 unspecified atom stereocenters. The monoisotopic (exact) mass is 840 g/mol. The molecule has 0 spiro atoms. The highest BCUT2D eigenvalue weighted by atomic mass is 35.5. The zero-order valence-electron chi connectivity index (χ0n) is 33.2. The Hall–Kier alpha value is -4.91. The van der Waals surface area contributed by atoms with Crippen LogP contribution in [0.4, 0.5) is 0 Å². The molecule has 6 amide bonds. The summed E-state index contributed by atoms with van der Waals surface area (Å²) >= 11 is 0. The number of nitrogens with zero attached hydrogens (tertiary/aromatic N) is 3. The lowest BCUT2D eigenvalue weighted by Gasteiger charge is -2.37. The quantitative estimate of drug-likeness (QED) is 0.259. The minimum Gasteiger partial charge on any atom is -0.322 e. The van der Waals surface area contributed by atoms with Gasteiger partial charge in [-0.2, -0.15) is 0 Å². The highest BCUT2D eigenvalue weighted by molar-refractivity contribution is 6.06. The third kappa shape index (κ3) is 9.51. The summed E-state index contributed by atoms with van der Waals surface area (Å²) in [7, 11) is 0. The van der Waals surface area contributed by atoms with Crippen molar-refractivity contribution in [2.75, 3.05) is 26.2 Å². The third-order valence-electron chi connectivity index (χ3n) is 13.0. The highest BCUT2D eigenvalue weighted by Gasteiger charge is 2.41. The summed E-state index contributed by atoms with van der Waals surface area (Å²) in [5, 5.41) is 8.13. The van der Waals surface area contributed by atoms with Gasteiger partial charge in [-0.05, 0) is 109 Å². The van der Waals surface area contributed by atoms with Crippen LogP contribution in [0.1, 0.15) is 128 Å². The van der Waals surface area contributed by atoms with Crippen molar-refractivity contribution in [3.05, 3.63) is 106 Å². The Kier molecular flexibility index (Phi) is 15.1. The number of amides is 6. The van der Waals surface area contributed by atoms with Crippen LogP contribution in [0.3, 0.4) is 0 Å². The molecule has 6 heterocycles. The Morgan fingerprint density at radius 3 is 1.63 bits per heavy atom. The van der Waals surface area contributed by atoms with E-state index in [4.69, 9.17) is 0 Å². The molecule has 4 fully saturated rings. The van der Waals surface area contributed by atoms with E-state index in [2.05, 4.69) is 89.3 Å². The van der Waals surface area contributed by atoms with Crippen molar-refractivity contribution in [3.8, 4) is 0 Å². The lowest BCUT2D eigenvalue weighted by Crippen LogP contribution is -2.52. The molecule has 9 rings (SSSR count). The molecule has 0 radical (unpaired) electrons. The average Bonchev–Trinajstić information content (AvgIpc) is 3.70. The van der Waals surface area contributed by atoms with Crippen molar-refractivity contribution in [2.24, 2.45) is 11.8 Å². The summed E-state index contributed by atoms with van der Waals surface area (Å²) in [4.78, 5) is 78.6. The number of piperidine rings is 4. The molecule has 6 aliphatic heterocycles. The van der Waals surface area contributed by atoms with E-state index in [0.29, 0.717) is 60.7 Å². The number of rotatable bonds is 6. The SMILES string of the molecule is C.C.CC1CN(Cc2ccccc2)CCC1c1ccc2c(c1)CN(C1CCC(=O)NC1=O)C2=O.CC1CNCCC1c1ccc2c(c1)CN(C1CCC(=O)NC1=O)C2=O.Cl. The summed E-state index contributed by atoms with van der Waals surface area (Å²) in [5.74, 6) is 0.619. The molecule has 3 aromatic rings. The number of hydrogen-bond acceptors (Lipinski definition) is 8. The summed E-state index contributed by atoms with van der Waals surface area (Å²) in [5.41, 5.74) is 7.29. The highest BCUT2D eigenvalue weighted by Crippen LogP contribution is 2.37. The molecule has 3 aromatic carbocycles. The minimum atomic E-state index is -0.559. The van der Waals surface area contributed by atoms with Crippen LogP contribution < -0.4 is 16.0 Å². The van der Waals surface area contributed by atoms with Crippen LogP contribution in [0.5, 0.6) is 0 Å². The molecular weight excluding hydrogens is 780 g/mol. The maximum atomic E-state index is 12.9. The van der Waals surface area contributed by atoms with Crippen molar-refractivity contribution in [1.82, 2.24) is 30.7 Å². The van der Waals surface area contributed by atoms with Gasteiger partial charge in [-0.1, -0.05) is 83.3 Å². The van der Waals surface area contributed by atoms with E-state index in [9.17, 15) is 28.8 Å².